The molecule has 0 aliphatic carbocycles. The number of hydrogen-bond acceptors (Lipinski definition) is 4. The molecule has 0 atom stereocenters. The highest BCUT2D eigenvalue weighted by atomic mass is 35.5. The Morgan fingerprint density at radius 1 is 1.04 bits per heavy atom. The third-order valence-corrected chi connectivity index (χ3v) is 4.68. The van der Waals surface area contributed by atoms with Gasteiger partial charge < -0.3 is 14.5 Å². The molecule has 0 spiro atoms. The zero-order valence-corrected chi connectivity index (χ0v) is 16.5. The lowest BCUT2D eigenvalue weighted by molar-refractivity contribution is 0.0505. The van der Waals surface area contributed by atoms with Gasteiger partial charge in [0.2, 0.25) is 0 Å². The van der Waals surface area contributed by atoms with Gasteiger partial charge in [-0.05, 0) is 55.0 Å². The van der Waals surface area contributed by atoms with Gasteiger partial charge in [-0.25, -0.2) is 4.79 Å². The zero-order chi connectivity index (χ0) is 20.1. The molecule has 0 radical (unpaired) electrons. The van der Waals surface area contributed by atoms with E-state index in [0.717, 1.165) is 6.42 Å². The molecule has 0 aliphatic heterocycles. The van der Waals surface area contributed by atoms with Gasteiger partial charge in [-0.3, -0.25) is 4.79 Å². The number of ether oxygens (including phenoxy) is 1. The smallest absolute Gasteiger partial charge is 0.338 e. The molecular weight excluding hydrogens is 401 g/mol. The van der Waals surface area contributed by atoms with E-state index in [1.54, 1.807) is 54.6 Å². The summed E-state index contributed by atoms with van der Waals surface area (Å²) in [5.74, 6) is -0.261. The van der Waals surface area contributed by atoms with Crippen molar-refractivity contribution in [1.82, 2.24) is 0 Å². The molecular formula is C21H17Cl2NO4. The van der Waals surface area contributed by atoms with Crippen molar-refractivity contribution in [2.45, 2.75) is 13.3 Å². The lowest BCUT2D eigenvalue weighted by Crippen LogP contribution is -2.11. The summed E-state index contributed by atoms with van der Waals surface area (Å²) in [5, 5.41) is 3.47. The Hall–Kier alpha value is -2.76. The van der Waals surface area contributed by atoms with Crippen LogP contribution in [0.3, 0.4) is 0 Å². The Labute approximate surface area is 172 Å². The van der Waals surface area contributed by atoms with Crippen molar-refractivity contribution < 1.29 is 18.7 Å². The predicted molar refractivity (Wildman–Crippen MR) is 109 cm³/mol. The second-order valence-corrected chi connectivity index (χ2v) is 6.72. The third kappa shape index (κ3) is 4.55. The number of esters is 1. The predicted octanol–water partition coefficient (Wildman–Crippen LogP) is 6.07. The SMILES string of the molecule is CCCOC(=O)c1ccc(NC(=O)c2ccc(-c3cccc(Cl)c3Cl)o2)cc1. The first-order chi connectivity index (χ1) is 13.5. The lowest BCUT2D eigenvalue weighted by Gasteiger charge is -2.06. The monoisotopic (exact) mass is 417 g/mol. The van der Waals surface area contributed by atoms with E-state index in [-0.39, 0.29) is 5.76 Å². The first kappa shape index (κ1) is 20.0. The minimum Gasteiger partial charge on any atom is -0.462 e. The largest absolute Gasteiger partial charge is 0.462 e. The molecule has 0 saturated heterocycles. The molecule has 7 heteroatoms. The van der Waals surface area contributed by atoms with E-state index in [1.165, 1.54) is 0 Å². The van der Waals surface area contributed by atoms with E-state index in [0.29, 0.717) is 39.2 Å². The number of carbonyl (C=O) groups is 2. The van der Waals surface area contributed by atoms with Crippen LogP contribution in [0.1, 0.15) is 34.3 Å². The molecule has 0 bridgehead atoms. The first-order valence-electron chi connectivity index (χ1n) is 8.62. The van der Waals surface area contributed by atoms with E-state index in [4.69, 9.17) is 32.4 Å². The molecule has 5 nitrogen and oxygen atoms in total. The summed E-state index contributed by atoms with van der Waals surface area (Å²) < 4.78 is 10.7. The van der Waals surface area contributed by atoms with Crippen LogP contribution in [0.2, 0.25) is 10.0 Å². The molecule has 0 aliphatic rings. The highest BCUT2D eigenvalue weighted by Crippen LogP contribution is 2.34. The Morgan fingerprint density at radius 2 is 1.79 bits per heavy atom. The minimum atomic E-state index is -0.425. The van der Waals surface area contributed by atoms with Crippen LogP contribution in [0.25, 0.3) is 11.3 Å². The molecule has 1 aromatic heterocycles. The number of carbonyl (C=O) groups excluding carboxylic acids is 2. The molecule has 0 saturated carbocycles. The number of anilines is 1. The fourth-order valence-electron chi connectivity index (χ4n) is 2.46. The van der Waals surface area contributed by atoms with Crippen LogP contribution >= 0.6 is 23.2 Å². The summed E-state index contributed by atoms with van der Waals surface area (Å²) in [5.41, 5.74) is 1.54. The molecule has 0 unspecified atom stereocenters. The van der Waals surface area contributed by atoms with E-state index < -0.39 is 11.9 Å². The molecule has 144 valence electrons. The summed E-state index contributed by atoms with van der Waals surface area (Å²) >= 11 is 12.2. The summed E-state index contributed by atoms with van der Waals surface area (Å²) in [6.07, 6.45) is 0.755. The van der Waals surface area contributed by atoms with Crippen molar-refractivity contribution in [3.05, 3.63) is 76.0 Å². The van der Waals surface area contributed by atoms with Gasteiger partial charge in [0.15, 0.2) is 5.76 Å². The summed E-state index contributed by atoms with van der Waals surface area (Å²) in [6.45, 7) is 2.29. The summed E-state index contributed by atoms with van der Waals surface area (Å²) in [6, 6.07) is 14.8. The molecule has 1 heterocycles. The molecule has 0 fully saturated rings. The van der Waals surface area contributed by atoms with Crippen LogP contribution in [0, 0.1) is 0 Å². The standard InChI is InChI=1S/C21H17Cl2NO4/c1-2-12-27-21(26)13-6-8-14(9-7-13)24-20(25)18-11-10-17(28-18)15-4-3-5-16(22)19(15)23/h3-11H,2,12H2,1H3,(H,24,25). The molecule has 2 aromatic carbocycles. The molecule has 1 N–H and O–H groups in total. The zero-order valence-electron chi connectivity index (χ0n) is 15.0. The summed E-state index contributed by atoms with van der Waals surface area (Å²) in [7, 11) is 0. The summed E-state index contributed by atoms with van der Waals surface area (Å²) in [4.78, 5) is 24.2. The van der Waals surface area contributed by atoms with E-state index in [9.17, 15) is 9.59 Å². The number of furan rings is 1. The Morgan fingerprint density at radius 3 is 2.50 bits per heavy atom. The second-order valence-electron chi connectivity index (χ2n) is 5.93. The van der Waals surface area contributed by atoms with Crippen LogP contribution in [-0.4, -0.2) is 18.5 Å². The molecule has 28 heavy (non-hydrogen) atoms. The van der Waals surface area contributed by atoms with E-state index in [2.05, 4.69) is 5.32 Å². The third-order valence-electron chi connectivity index (χ3n) is 3.86. The van der Waals surface area contributed by atoms with Gasteiger partial charge in [-0.2, -0.15) is 0 Å². The maximum atomic E-state index is 12.4. The van der Waals surface area contributed by atoms with Gasteiger partial charge in [0.25, 0.3) is 5.91 Å². The number of nitrogens with one attached hydrogen (secondary N) is 1. The fourth-order valence-corrected chi connectivity index (χ4v) is 2.85. The minimum absolute atomic E-state index is 0.123. The van der Waals surface area contributed by atoms with Crippen molar-refractivity contribution >= 4 is 40.8 Å². The van der Waals surface area contributed by atoms with Crippen molar-refractivity contribution in [3.63, 3.8) is 0 Å². The normalized spacial score (nSPS) is 10.5. The quantitative estimate of drug-likeness (QED) is 0.493. The number of rotatable bonds is 6. The van der Waals surface area contributed by atoms with Crippen LogP contribution in [-0.2, 0) is 4.74 Å². The first-order valence-corrected chi connectivity index (χ1v) is 9.38. The average molecular weight is 418 g/mol. The number of amides is 1. The van der Waals surface area contributed by atoms with E-state index in [1.807, 2.05) is 6.92 Å². The van der Waals surface area contributed by atoms with Crippen molar-refractivity contribution in [2.75, 3.05) is 11.9 Å². The maximum absolute atomic E-state index is 12.4. The van der Waals surface area contributed by atoms with Gasteiger partial charge in [0, 0.05) is 11.3 Å². The Kier molecular flexibility index (Phi) is 6.39. The van der Waals surface area contributed by atoms with E-state index >= 15 is 0 Å². The number of halogens is 2. The van der Waals surface area contributed by atoms with Gasteiger partial charge in [0.1, 0.15) is 5.76 Å². The van der Waals surface area contributed by atoms with Crippen molar-refractivity contribution in [2.24, 2.45) is 0 Å². The Bertz CT molecular complexity index is 996. The lowest BCUT2D eigenvalue weighted by atomic mass is 10.2. The topological polar surface area (TPSA) is 68.5 Å². The molecule has 3 aromatic rings. The maximum Gasteiger partial charge on any atom is 0.338 e. The Balaban J connectivity index is 1.69. The highest BCUT2D eigenvalue weighted by molar-refractivity contribution is 6.43. The van der Waals surface area contributed by atoms with Crippen LogP contribution in [0.15, 0.2) is 59.0 Å². The van der Waals surface area contributed by atoms with Gasteiger partial charge >= 0.3 is 5.97 Å². The van der Waals surface area contributed by atoms with Gasteiger partial charge in [0.05, 0.1) is 22.2 Å². The van der Waals surface area contributed by atoms with Crippen molar-refractivity contribution in [1.29, 1.82) is 0 Å². The van der Waals surface area contributed by atoms with Crippen LogP contribution in [0.5, 0.6) is 0 Å². The van der Waals surface area contributed by atoms with Crippen molar-refractivity contribution in [3.8, 4) is 11.3 Å². The van der Waals surface area contributed by atoms with Crippen LogP contribution < -0.4 is 5.32 Å². The average Bonchev–Trinajstić information content (AvgIpc) is 3.19. The molecule has 3 rings (SSSR count). The number of benzene rings is 2. The highest BCUT2D eigenvalue weighted by Gasteiger charge is 2.15. The molecule has 1 amide bonds. The van der Waals surface area contributed by atoms with Gasteiger partial charge in [-0.1, -0.05) is 36.2 Å². The van der Waals surface area contributed by atoms with Crippen LogP contribution in [0.4, 0.5) is 5.69 Å². The second kappa shape index (κ2) is 8.95. The van der Waals surface area contributed by atoms with Gasteiger partial charge in [-0.15, -0.1) is 0 Å². The number of hydrogen-bond donors (Lipinski definition) is 1. The fraction of sp³-hybridized carbons (Fsp3) is 0.143.